The van der Waals surface area contributed by atoms with Gasteiger partial charge in [0.1, 0.15) is 5.75 Å². The number of methoxy groups -OCH3 is 3. The van der Waals surface area contributed by atoms with Gasteiger partial charge in [-0.2, -0.15) is 0 Å². The molecule has 0 spiro atoms. The maximum atomic E-state index is 13.1. The summed E-state index contributed by atoms with van der Waals surface area (Å²) in [5.41, 5.74) is -1.15. The van der Waals surface area contributed by atoms with Gasteiger partial charge in [0.15, 0.2) is 5.92 Å². The van der Waals surface area contributed by atoms with Crippen LogP contribution in [0, 0.1) is 5.92 Å². The Bertz CT molecular complexity index is 965. The molecule has 0 saturated heterocycles. The summed E-state index contributed by atoms with van der Waals surface area (Å²) < 4.78 is 19.7. The van der Waals surface area contributed by atoms with Crippen molar-refractivity contribution in [2.24, 2.45) is 5.92 Å². The topological polar surface area (TPSA) is 105 Å². The van der Waals surface area contributed by atoms with E-state index in [0.29, 0.717) is 11.1 Å². The lowest BCUT2D eigenvalue weighted by Gasteiger charge is -2.28. The molecular weight excluding hydrogens is 380 g/mol. The molecule has 0 amide bonds. The van der Waals surface area contributed by atoms with Crippen LogP contribution in [-0.4, -0.2) is 45.2 Å². The van der Waals surface area contributed by atoms with Gasteiger partial charge in [0, 0.05) is 11.1 Å². The lowest BCUT2D eigenvalue weighted by molar-refractivity contribution is -0.175. The van der Waals surface area contributed by atoms with E-state index in [-0.39, 0.29) is 11.3 Å². The smallest absolute Gasteiger partial charge is 0.335 e. The number of fused-ring (bicyclic) bond motifs is 1. The van der Waals surface area contributed by atoms with Crippen LogP contribution in [0.25, 0.3) is 11.1 Å². The number of esters is 4. The molecule has 2 aromatic carbocycles. The van der Waals surface area contributed by atoms with Crippen LogP contribution in [0.3, 0.4) is 0 Å². The van der Waals surface area contributed by atoms with E-state index in [9.17, 15) is 19.2 Å². The number of hydrogen-bond donors (Lipinski definition) is 0. The average molecular weight is 398 g/mol. The molecule has 0 bridgehead atoms. The van der Waals surface area contributed by atoms with Crippen molar-refractivity contribution in [3.63, 3.8) is 0 Å². The van der Waals surface area contributed by atoms with Crippen molar-refractivity contribution in [1.82, 2.24) is 0 Å². The minimum atomic E-state index is -2.39. The molecule has 8 heteroatoms. The number of carbonyl (C=O) groups excluding carboxylic acids is 4. The number of benzene rings is 2. The summed E-state index contributed by atoms with van der Waals surface area (Å²) in [4.78, 5) is 51.0. The number of carbonyl (C=O) groups is 4. The van der Waals surface area contributed by atoms with Gasteiger partial charge >= 0.3 is 23.9 Å². The maximum absolute atomic E-state index is 13.1. The molecule has 1 unspecified atom stereocenters. The fourth-order valence-electron chi connectivity index (χ4n) is 3.52. The van der Waals surface area contributed by atoms with Crippen LogP contribution in [0.15, 0.2) is 48.5 Å². The Labute approximate surface area is 166 Å². The predicted octanol–water partition coefficient (Wildman–Crippen LogP) is 1.65. The zero-order chi connectivity index (χ0) is 21.2. The molecule has 0 radical (unpaired) electrons. The lowest BCUT2D eigenvalue weighted by Crippen LogP contribution is -2.55. The van der Waals surface area contributed by atoms with Gasteiger partial charge in [0.25, 0.3) is 0 Å². The molecule has 8 nitrogen and oxygen atoms in total. The second-order valence-corrected chi connectivity index (χ2v) is 6.22. The third-order valence-electron chi connectivity index (χ3n) is 4.86. The first-order valence-electron chi connectivity index (χ1n) is 8.58. The maximum Gasteiger partial charge on any atom is 0.335 e. The first-order valence-corrected chi connectivity index (χ1v) is 8.58. The molecule has 0 N–H and O–H groups in total. The molecular formula is C21H18O8. The van der Waals surface area contributed by atoms with Crippen molar-refractivity contribution in [2.75, 3.05) is 21.3 Å². The highest BCUT2D eigenvalue weighted by Crippen LogP contribution is 2.50. The van der Waals surface area contributed by atoms with Gasteiger partial charge in [-0.15, -0.1) is 0 Å². The average Bonchev–Trinajstić information content (AvgIpc) is 3.06. The summed E-state index contributed by atoms with van der Waals surface area (Å²) in [6.45, 7) is 0. The first-order chi connectivity index (χ1) is 13.9. The van der Waals surface area contributed by atoms with Crippen LogP contribution in [0.5, 0.6) is 5.75 Å². The second kappa shape index (κ2) is 7.75. The van der Waals surface area contributed by atoms with Gasteiger partial charge in [-0.3, -0.25) is 14.4 Å². The molecule has 1 heterocycles. The molecule has 0 fully saturated rings. The van der Waals surface area contributed by atoms with Crippen molar-refractivity contribution >= 4 is 23.9 Å². The van der Waals surface area contributed by atoms with E-state index in [1.54, 1.807) is 36.4 Å². The minimum absolute atomic E-state index is 0.0245. The van der Waals surface area contributed by atoms with Crippen LogP contribution in [0.2, 0.25) is 0 Å². The molecule has 1 aliphatic rings. The third kappa shape index (κ3) is 2.93. The summed E-state index contributed by atoms with van der Waals surface area (Å²) in [5, 5.41) is 0. The SMILES string of the molecule is COC(=O)C(C(=O)OC)C1(C(=O)OC)C(=O)Oc2c(-c3ccccc3)cccc21. The van der Waals surface area contributed by atoms with Crippen LogP contribution in [0.4, 0.5) is 0 Å². The van der Waals surface area contributed by atoms with Crippen molar-refractivity contribution < 1.29 is 38.1 Å². The van der Waals surface area contributed by atoms with Crippen molar-refractivity contribution in [2.45, 2.75) is 5.41 Å². The molecule has 0 aromatic heterocycles. The Kier molecular flexibility index (Phi) is 5.36. The van der Waals surface area contributed by atoms with Crippen molar-refractivity contribution in [3.05, 3.63) is 54.1 Å². The molecule has 2 aromatic rings. The van der Waals surface area contributed by atoms with E-state index < -0.39 is 35.2 Å². The van der Waals surface area contributed by atoms with Gasteiger partial charge in [-0.25, -0.2) is 4.79 Å². The molecule has 1 atom stereocenters. The molecule has 0 saturated carbocycles. The van der Waals surface area contributed by atoms with Crippen molar-refractivity contribution in [1.29, 1.82) is 0 Å². The zero-order valence-corrected chi connectivity index (χ0v) is 16.0. The summed E-state index contributed by atoms with van der Waals surface area (Å²) in [7, 11) is 3.11. The monoisotopic (exact) mass is 398 g/mol. The third-order valence-corrected chi connectivity index (χ3v) is 4.86. The summed E-state index contributed by atoms with van der Waals surface area (Å²) in [6, 6.07) is 13.7. The lowest BCUT2D eigenvalue weighted by atomic mass is 9.70. The van der Waals surface area contributed by atoms with E-state index in [0.717, 1.165) is 21.3 Å². The Hall–Kier alpha value is -3.68. The van der Waals surface area contributed by atoms with Crippen LogP contribution < -0.4 is 4.74 Å². The molecule has 3 rings (SSSR count). The van der Waals surface area contributed by atoms with E-state index in [2.05, 4.69) is 0 Å². The Morgan fingerprint density at radius 1 is 0.862 bits per heavy atom. The highest BCUT2D eigenvalue weighted by atomic mass is 16.6. The minimum Gasteiger partial charge on any atom is -0.468 e. The molecule has 1 aliphatic heterocycles. The van der Waals surface area contributed by atoms with E-state index >= 15 is 0 Å². The van der Waals surface area contributed by atoms with Gasteiger partial charge in [-0.1, -0.05) is 48.5 Å². The number of para-hydroxylation sites is 1. The molecule has 0 aliphatic carbocycles. The fourth-order valence-corrected chi connectivity index (χ4v) is 3.52. The number of rotatable bonds is 5. The van der Waals surface area contributed by atoms with E-state index in [4.69, 9.17) is 18.9 Å². The summed E-state index contributed by atoms with van der Waals surface area (Å²) >= 11 is 0. The Morgan fingerprint density at radius 3 is 2.03 bits per heavy atom. The van der Waals surface area contributed by atoms with Gasteiger partial charge in [0.05, 0.1) is 21.3 Å². The number of ether oxygens (including phenoxy) is 4. The van der Waals surface area contributed by atoms with Crippen LogP contribution in [0.1, 0.15) is 5.56 Å². The highest BCUT2D eigenvalue weighted by molar-refractivity contribution is 6.19. The number of hydrogen-bond acceptors (Lipinski definition) is 8. The predicted molar refractivity (Wildman–Crippen MR) is 98.7 cm³/mol. The standard InChI is InChI=1S/C21H18O8/c1-26-17(22)15(18(23)27-2)21(19(24)28-3)14-11-7-10-13(16(14)29-20(21)25)12-8-5-4-6-9-12/h4-11,15H,1-3H3. The quantitative estimate of drug-likeness (QED) is 0.324. The van der Waals surface area contributed by atoms with Gasteiger partial charge < -0.3 is 18.9 Å². The fraction of sp³-hybridized carbons (Fsp3) is 0.238. The van der Waals surface area contributed by atoms with E-state index in [1.165, 1.54) is 6.07 Å². The van der Waals surface area contributed by atoms with Crippen molar-refractivity contribution in [3.8, 4) is 16.9 Å². The van der Waals surface area contributed by atoms with Crippen LogP contribution in [-0.2, 0) is 38.8 Å². The molecule has 29 heavy (non-hydrogen) atoms. The molecule has 150 valence electrons. The second-order valence-electron chi connectivity index (χ2n) is 6.22. The normalized spacial score (nSPS) is 17.3. The highest BCUT2D eigenvalue weighted by Gasteiger charge is 2.67. The zero-order valence-electron chi connectivity index (χ0n) is 16.0. The van der Waals surface area contributed by atoms with Gasteiger partial charge in [-0.05, 0) is 5.56 Å². The summed E-state index contributed by atoms with van der Waals surface area (Å²) in [5.74, 6) is -6.39. The van der Waals surface area contributed by atoms with Gasteiger partial charge in [0.2, 0.25) is 5.41 Å². The Balaban J connectivity index is 2.34. The Morgan fingerprint density at radius 2 is 1.48 bits per heavy atom. The summed E-state index contributed by atoms with van der Waals surface area (Å²) in [6.07, 6.45) is 0. The van der Waals surface area contributed by atoms with Crippen LogP contribution >= 0.6 is 0 Å². The van der Waals surface area contributed by atoms with E-state index in [1.807, 2.05) is 6.07 Å². The first kappa shape index (κ1) is 20.1. The largest absolute Gasteiger partial charge is 0.468 e.